The molecule has 0 N–H and O–H groups in total. The molecule has 6 aromatic rings. The predicted molar refractivity (Wildman–Crippen MR) is 184 cm³/mol. The number of hydrogen-bond donors (Lipinski definition) is 0. The lowest BCUT2D eigenvalue weighted by Gasteiger charge is -2.35. The molecule has 0 saturated carbocycles. The van der Waals surface area contributed by atoms with Gasteiger partial charge < -0.3 is 9.81 Å². The second-order valence-corrected chi connectivity index (χ2v) is 14.1. The molecule has 0 spiro atoms. The Morgan fingerprint density at radius 2 is 0.274 bits per heavy atom. The molecule has 384 valence electrons. The zero-order valence-electron chi connectivity index (χ0n) is 32.8. The Kier molecular flexibility index (Phi) is 14.0. The van der Waals surface area contributed by atoms with Gasteiger partial charge >= 0.3 is 0 Å². The first-order valence-corrected chi connectivity index (χ1v) is 17.8. The molecule has 6 aromatic carbocycles. The standard InChI is InChI=1S/C38B2F30N3/c41-9-3(10(42)22(54)33(65)21(9)53)39(4-11(43)23(55)34(66)24(56)12(4)44,5-13(45)25(57)35(67)26(58)14(5)46)72-1-71-2-73-40(6-15(47)27(59)36(68)28(60)16(6)48,7-17(49)29(61)37(69)30(62)18(7)50)8-19(51)31(63)38(70)32(64)20(8)52/q-1. The van der Waals surface area contributed by atoms with Crippen LogP contribution < -0.4 is 37.4 Å². The highest BCUT2D eigenvalue weighted by molar-refractivity contribution is 7.11. The fourth-order valence-corrected chi connectivity index (χ4v) is 7.44. The Morgan fingerprint density at radius 3 is 0.384 bits per heavy atom. The predicted octanol–water partition coefficient (Wildman–Crippen LogP) is 7.91. The minimum Gasteiger partial charge on any atom is -0.303 e. The van der Waals surface area contributed by atoms with Crippen molar-refractivity contribution in [1.82, 2.24) is 4.67 Å². The van der Waals surface area contributed by atoms with Crippen molar-refractivity contribution in [3.8, 4) is 0 Å². The molecular weight excluding hydrogens is 1090 g/mol. The van der Waals surface area contributed by atoms with E-state index >= 15 is 52.7 Å². The minimum absolute atomic E-state index is 0.336. The average Bonchev–Trinajstić information content (AvgIpc) is 3.35. The molecular formula is C38B2F30N3-. The summed E-state index contributed by atoms with van der Waals surface area (Å²) < 4.78 is 456. The van der Waals surface area contributed by atoms with E-state index in [1.807, 2.05) is 0 Å². The van der Waals surface area contributed by atoms with Crippen molar-refractivity contribution in [3.63, 3.8) is 0 Å². The van der Waals surface area contributed by atoms with Crippen molar-refractivity contribution in [2.24, 2.45) is 9.81 Å². The molecule has 0 heterocycles. The fraction of sp³-hybridized carbons (Fsp3) is 0. The number of nitrogens with zero attached hydrogens (tertiary/aromatic N) is 3. The second-order valence-electron chi connectivity index (χ2n) is 14.1. The van der Waals surface area contributed by atoms with Gasteiger partial charge in [-0.3, -0.25) is 0 Å². The lowest BCUT2D eigenvalue weighted by atomic mass is 9.24. The molecule has 0 radical (unpaired) electrons. The molecule has 73 heavy (non-hydrogen) atoms. The first-order valence-electron chi connectivity index (χ1n) is 17.8. The third-order valence-electron chi connectivity index (χ3n) is 10.6. The van der Waals surface area contributed by atoms with Gasteiger partial charge in [0.25, 0.3) is 24.6 Å². The van der Waals surface area contributed by atoms with Gasteiger partial charge in [-0.05, 0) is 0 Å². The highest BCUT2D eigenvalue weighted by Gasteiger charge is 2.54. The molecule has 0 unspecified atom stereocenters. The summed E-state index contributed by atoms with van der Waals surface area (Å²) in [7, 11) is 0. The molecule has 35 heteroatoms. The van der Waals surface area contributed by atoms with Crippen molar-refractivity contribution in [1.29, 1.82) is 0 Å². The van der Waals surface area contributed by atoms with E-state index in [1.165, 1.54) is 0 Å². The van der Waals surface area contributed by atoms with Gasteiger partial charge in [-0.15, -0.1) is 4.67 Å². The van der Waals surface area contributed by atoms with E-state index in [2.05, 4.69) is 14.5 Å². The summed E-state index contributed by atoms with van der Waals surface area (Å²) in [6.45, 7) is 0. The highest BCUT2D eigenvalue weighted by atomic mass is 19.2. The number of halogens is 30. The Hall–Kier alpha value is -7.78. The van der Waals surface area contributed by atoms with Crippen molar-refractivity contribution in [2.75, 3.05) is 0 Å². The molecule has 0 atom stereocenters. The van der Waals surface area contributed by atoms with Gasteiger partial charge in [-0.1, -0.05) is 32.8 Å². The van der Waals surface area contributed by atoms with Crippen LogP contribution in [-0.2, 0) is 0 Å². The highest BCUT2D eigenvalue weighted by Crippen LogP contribution is 2.31. The SMILES string of the molecule is Fc1c(F)c(F)c([B-](N=C=[N+]=C=N[B-](c2c(F)c(F)c(F)c(F)c2F)(c2c(F)c(F)c(F)c(F)c2F)c2c(F)c(F)c(F)c(F)c2F)(c2c(F)c(F)c(F)c(F)c2F)c2c(F)c(F)c(F)c(F)c2F)c(F)c1F. The van der Waals surface area contributed by atoms with Gasteiger partial charge in [0.2, 0.25) is 0 Å². The molecule has 0 saturated heterocycles. The van der Waals surface area contributed by atoms with Crippen LogP contribution in [0.25, 0.3) is 0 Å². The summed E-state index contributed by atoms with van der Waals surface area (Å²) in [5.41, 5.74) is -21.5. The van der Waals surface area contributed by atoms with Crippen LogP contribution >= 0.6 is 0 Å². The zero-order chi connectivity index (χ0) is 55.3. The Bertz CT molecular complexity index is 2880. The first-order chi connectivity index (χ1) is 33.8. The van der Waals surface area contributed by atoms with E-state index in [4.69, 9.17) is 0 Å². The lowest BCUT2D eigenvalue weighted by Crippen LogP contribution is -2.72. The van der Waals surface area contributed by atoms with Gasteiger partial charge in [0, 0.05) is 0 Å². The molecule has 0 fully saturated rings. The van der Waals surface area contributed by atoms with Crippen LogP contribution in [0, 0.1) is 175 Å². The summed E-state index contributed by atoms with van der Waals surface area (Å²) in [4.78, 5) is 4.60. The minimum atomic E-state index is -7.12. The monoisotopic (exact) mass is 1090 g/mol. The van der Waals surface area contributed by atoms with Crippen molar-refractivity contribution in [3.05, 3.63) is 175 Å². The average molecular weight is 1090 g/mol. The molecule has 0 aliphatic heterocycles. The van der Waals surface area contributed by atoms with E-state index < -0.39 is 220 Å². The van der Waals surface area contributed by atoms with E-state index in [0.29, 0.717) is 12.0 Å². The molecule has 3 nitrogen and oxygen atoms in total. The number of rotatable bonds is 8. The van der Waals surface area contributed by atoms with Gasteiger partial charge in [0.15, 0.2) is 105 Å². The fourth-order valence-electron chi connectivity index (χ4n) is 7.44. The van der Waals surface area contributed by atoms with Gasteiger partial charge in [-0.25, -0.2) is 132 Å². The normalized spacial score (nSPS) is 11.8. The van der Waals surface area contributed by atoms with Crippen LogP contribution in [0.2, 0.25) is 0 Å². The topological polar surface area (TPSA) is 38.8 Å². The van der Waals surface area contributed by atoms with Gasteiger partial charge in [0.1, 0.15) is 69.8 Å². The molecule has 0 amide bonds. The van der Waals surface area contributed by atoms with Gasteiger partial charge in [0.05, 0.1) is 0 Å². The Morgan fingerprint density at radius 1 is 0.178 bits per heavy atom. The van der Waals surface area contributed by atoms with Crippen molar-refractivity contribution in [2.45, 2.75) is 0 Å². The molecule has 6 rings (SSSR count). The van der Waals surface area contributed by atoms with Crippen LogP contribution in [-0.4, -0.2) is 24.6 Å². The Balaban J connectivity index is 2.07. The van der Waals surface area contributed by atoms with Crippen LogP contribution in [0.1, 0.15) is 0 Å². The summed E-state index contributed by atoms with van der Waals surface area (Å²) >= 11 is 0. The van der Waals surface area contributed by atoms with Gasteiger partial charge in [-0.2, -0.15) is 0 Å². The van der Waals surface area contributed by atoms with Crippen molar-refractivity contribution < 1.29 is 132 Å². The Labute approximate surface area is 378 Å². The quantitative estimate of drug-likeness (QED) is 0.0372. The third-order valence-corrected chi connectivity index (χ3v) is 10.6. The number of benzene rings is 6. The first kappa shape index (κ1) is 54.6. The molecule has 0 aliphatic carbocycles. The largest absolute Gasteiger partial charge is 0.303 e. The smallest absolute Gasteiger partial charge is 0.297 e. The molecule has 0 aliphatic rings. The third kappa shape index (κ3) is 7.49. The zero-order valence-corrected chi connectivity index (χ0v) is 32.8. The van der Waals surface area contributed by atoms with Crippen LogP contribution in [0.5, 0.6) is 0 Å². The second kappa shape index (κ2) is 18.7. The lowest BCUT2D eigenvalue weighted by molar-refractivity contribution is 0.379. The van der Waals surface area contributed by atoms with E-state index in [0.717, 1.165) is 0 Å². The summed E-state index contributed by atoms with van der Waals surface area (Å²) in [5, 5.41) is 0. The van der Waals surface area contributed by atoms with E-state index in [9.17, 15) is 79.0 Å². The van der Waals surface area contributed by atoms with E-state index in [-0.39, 0.29) is 0 Å². The maximum atomic E-state index is 15.8. The van der Waals surface area contributed by atoms with Crippen molar-refractivity contribution >= 4 is 57.4 Å². The summed E-state index contributed by atoms with van der Waals surface area (Å²) in [6, 6.07) is 0.672. The van der Waals surface area contributed by atoms with Crippen LogP contribution in [0.4, 0.5) is 132 Å². The maximum Gasteiger partial charge on any atom is 0.297 e. The van der Waals surface area contributed by atoms with Crippen LogP contribution in [0.15, 0.2) is 9.81 Å². The van der Waals surface area contributed by atoms with E-state index in [1.54, 1.807) is 0 Å². The molecule has 0 aromatic heterocycles. The summed E-state index contributed by atoms with van der Waals surface area (Å²) in [6.07, 6.45) is -14.2. The molecule has 0 bridgehead atoms. The number of hydrogen-bond acceptors (Lipinski definition) is 2. The maximum absolute atomic E-state index is 15.8. The van der Waals surface area contributed by atoms with Crippen LogP contribution in [0.3, 0.4) is 0 Å². The summed E-state index contributed by atoms with van der Waals surface area (Å²) in [5.74, 6) is -110.